The predicted molar refractivity (Wildman–Crippen MR) is 60.3 cm³/mol. The van der Waals surface area contributed by atoms with Crippen molar-refractivity contribution in [1.82, 2.24) is 19.6 Å². The highest BCUT2D eigenvalue weighted by Crippen LogP contribution is 2.11. The molecule has 0 bridgehead atoms. The van der Waals surface area contributed by atoms with E-state index in [9.17, 15) is 4.79 Å². The molecule has 7 nitrogen and oxygen atoms in total. The smallest absolute Gasteiger partial charge is 0.360 e. The SMILES string of the molecule is COC(=O)c1nn(Cc2cnn(C)c2)cc1N. The molecule has 0 aliphatic heterocycles. The van der Waals surface area contributed by atoms with Crippen LogP contribution in [0.15, 0.2) is 18.6 Å². The van der Waals surface area contributed by atoms with Gasteiger partial charge in [-0.05, 0) is 0 Å². The van der Waals surface area contributed by atoms with E-state index in [1.807, 2.05) is 13.2 Å². The summed E-state index contributed by atoms with van der Waals surface area (Å²) in [5, 5.41) is 8.11. The van der Waals surface area contributed by atoms with Crippen molar-refractivity contribution in [2.45, 2.75) is 6.54 Å². The first kappa shape index (κ1) is 11.2. The summed E-state index contributed by atoms with van der Waals surface area (Å²) >= 11 is 0. The Hall–Kier alpha value is -2.31. The highest BCUT2D eigenvalue weighted by molar-refractivity contribution is 5.92. The molecule has 0 saturated heterocycles. The number of hydrogen-bond donors (Lipinski definition) is 1. The van der Waals surface area contributed by atoms with Crippen LogP contribution in [0.1, 0.15) is 16.1 Å². The number of esters is 1. The number of nitrogens with two attached hydrogens (primary N) is 1. The first-order valence-corrected chi connectivity index (χ1v) is 4.99. The van der Waals surface area contributed by atoms with E-state index in [-0.39, 0.29) is 5.69 Å². The van der Waals surface area contributed by atoms with Gasteiger partial charge in [-0.3, -0.25) is 9.36 Å². The van der Waals surface area contributed by atoms with Crippen LogP contribution in [-0.4, -0.2) is 32.6 Å². The molecule has 0 saturated carbocycles. The summed E-state index contributed by atoms with van der Waals surface area (Å²) in [4.78, 5) is 11.3. The Balaban J connectivity index is 2.20. The minimum atomic E-state index is -0.535. The zero-order valence-corrected chi connectivity index (χ0v) is 9.62. The second kappa shape index (κ2) is 4.28. The highest BCUT2D eigenvalue weighted by atomic mass is 16.5. The Kier molecular flexibility index (Phi) is 2.82. The standard InChI is InChI=1S/C10H13N5O2/c1-14-4-7(3-12-14)5-15-6-8(11)9(13-15)10(16)17-2/h3-4,6H,5,11H2,1-2H3. The van der Waals surface area contributed by atoms with Gasteiger partial charge in [0.1, 0.15) is 0 Å². The average molecular weight is 235 g/mol. The first-order chi connectivity index (χ1) is 8.10. The Morgan fingerprint density at radius 1 is 1.53 bits per heavy atom. The molecule has 2 aromatic rings. The normalized spacial score (nSPS) is 10.5. The Labute approximate surface area is 97.8 Å². The molecular weight excluding hydrogens is 222 g/mol. The maximum absolute atomic E-state index is 11.3. The second-order valence-corrected chi connectivity index (χ2v) is 3.64. The van der Waals surface area contributed by atoms with Crippen molar-refractivity contribution in [2.75, 3.05) is 12.8 Å². The number of carbonyl (C=O) groups excluding carboxylic acids is 1. The maximum Gasteiger partial charge on any atom is 0.360 e. The molecule has 2 heterocycles. The lowest BCUT2D eigenvalue weighted by Crippen LogP contribution is -2.06. The van der Waals surface area contributed by atoms with E-state index in [2.05, 4.69) is 14.9 Å². The third kappa shape index (κ3) is 2.27. The van der Waals surface area contributed by atoms with Crippen molar-refractivity contribution in [3.05, 3.63) is 29.8 Å². The van der Waals surface area contributed by atoms with Crippen molar-refractivity contribution >= 4 is 11.7 Å². The molecule has 90 valence electrons. The summed E-state index contributed by atoms with van der Waals surface area (Å²) in [5.74, 6) is -0.535. The number of nitrogen functional groups attached to an aromatic ring is 1. The summed E-state index contributed by atoms with van der Waals surface area (Å²) in [6.07, 6.45) is 5.20. The lowest BCUT2D eigenvalue weighted by Gasteiger charge is -1.97. The van der Waals surface area contributed by atoms with Crippen LogP contribution in [0.4, 0.5) is 5.69 Å². The quantitative estimate of drug-likeness (QED) is 0.758. The number of aryl methyl sites for hydroxylation is 1. The van der Waals surface area contributed by atoms with Crippen LogP contribution in [0.2, 0.25) is 0 Å². The van der Waals surface area contributed by atoms with Gasteiger partial charge < -0.3 is 10.5 Å². The van der Waals surface area contributed by atoms with Gasteiger partial charge in [0.15, 0.2) is 5.69 Å². The van der Waals surface area contributed by atoms with E-state index in [1.165, 1.54) is 7.11 Å². The third-order valence-electron chi connectivity index (χ3n) is 2.27. The summed E-state index contributed by atoms with van der Waals surface area (Å²) in [5.41, 5.74) is 7.09. The van der Waals surface area contributed by atoms with E-state index >= 15 is 0 Å². The molecule has 0 unspecified atom stereocenters. The Morgan fingerprint density at radius 2 is 2.29 bits per heavy atom. The summed E-state index contributed by atoms with van der Waals surface area (Å²) < 4.78 is 7.85. The van der Waals surface area contributed by atoms with Crippen molar-refractivity contribution in [3.8, 4) is 0 Å². The summed E-state index contributed by atoms with van der Waals surface area (Å²) in [6, 6.07) is 0. The van der Waals surface area contributed by atoms with E-state index in [0.717, 1.165) is 5.56 Å². The fourth-order valence-corrected chi connectivity index (χ4v) is 1.51. The summed E-state index contributed by atoms with van der Waals surface area (Å²) in [6.45, 7) is 0.509. The molecule has 0 aromatic carbocycles. The van der Waals surface area contributed by atoms with Gasteiger partial charge in [0, 0.05) is 25.0 Å². The van der Waals surface area contributed by atoms with Crippen LogP contribution in [0.3, 0.4) is 0 Å². The third-order valence-corrected chi connectivity index (χ3v) is 2.27. The maximum atomic E-state index is 11.3. The number of anilines is 1. The molecular formula is C10H13N5O2. The number of hydrogen-bond acceptors (Lipinski definition) is 5. The van der Waals surface area contributed by atoms with Crippen LogP contribution < -0.4 is 5.73 Å². The monoisotopic (exact) mass is 235 g/mol. The zero-order valence-electron chi connectivity index (χ0n) is 9.62. The van der Waals surface area contributed by atoms with Crippen LogP contribution in [0.25, 0.3) is 0 Å². The number of ether oxygens (including phenoxy) is 1. The molecule has 17 heavy (non-hydrogen) atoms. The largest absolute Gasteiger partial charge is 0.464 e. The van der Waals surface area contributed by atoms with Crippen LogP contribution in [0, 0.1) is 0 Å². The van der Waals surface area contributed by atoms with Gasteiger partial charge in [-0.2, -0.15) is 10.2 Å². The number of rotatable bonds is 3. The van der Waals surface area contributed by atoms with E-state index in [4.69, 9.17) is 5.73 Å². The van der Waals surface area contributed by atoms with Crippen molar-refractivity contribution in [1.29, 1.82) is 0 Å². The van der Waals surface area contributed by atoms with Gasteiger partial charge >= 0.3 is 5.97 Å². The number of methoxy groups -OCH3 is 1. The van der Waals surface area contributed by atoms with Crippen LogP contribution in [0.5, 0.6) is 0 Å². The van der Waals surface area contributed by atoms with Gasteiger partial charge in [-0.25, -0.2) is 4.79 Å². The molecule has 7 heteroatoms. The molecule has 0 amide bonds. The molecule has 2 rings (SSSR count). The topological polar surface area (TPSA) is 88.0 Å². The lowest BCUT2D eigenvalue weighted by atomic mass is 10.3. The van der Waals surface area contributed by atoms with Gasteiger partial charge in [0.2, 0.25) is 0 Å². The number of aromatic nitrogens is 4. The molecule has 0 atom stereocenters. The first-order valence-electron chi connectivity index (χ1n) is 4.99. The van der Waals surface area contributed by atoms with Crippen LogP contribution in [-0.2, 0) is 18.3 Å². The number of nitrogens with zero attached hydrogens (tertiary/aromatic N) is 4. The van der Waals surface area contributed by atoms with E-state index in [1.54, 1.807) is 21.8 Å². The van der Waals surface area contributed by atoms with Gasteiger partial charge in [-0.15, -0.1) is 0 Å². The minimum Gasteiger partial charge on any atom is -0.464 e. The molecule has 0 aliphatic carbocycles. The highest BCUT2D eigenvalue weighted by Gasteiger charge is 2.15. The minimum absolute atomic E-state index is 0.136. The van der Waals surface area contributed by atoms with Crippen molar-refractivity contribution < 1.29 is 9.53 Å². The summed E-state index contributed by atoms with van der Waals surface area (Å²) in [7, 11) is 3.13. The lowest BCUT2D eigenvalue weighted by molar-refractivity contribution is 0.0594. The molecule has 2 N–H and O–H groups in total. The fraction of sp³-hybridized carbons (Fsp3) is 0.300. The molecule has 0 fully saturated rings. The molecule has 2 aromatic heterocycles. The van der Waals surface area contributed by atoms with Crippen molar-refractivity contribution in [2.24, 2.45) is 7.05 Å². The molecule has 0 radical (unpaired) electrons. The zero-order chi connectivity index (χ0) is 12.4. The van der Waals surface area contributed by atoms with Gasteiger partial charge in [0.25, 0.3) is 0 Å². The van der Waals surface area contributed by atoms with Gasteiger partial charge in [0.05, 0.1) is 25.5 Å². The predicted octanol–water partition coefficient (Wildman–Crippen LogP) is 0.0337. The van der Waals surface area contributed by atoms with Gasteiger partial charge in [-0.1, -0.05) is 0 Å². The number of carbonyl (C=O) groups is 1. The molecule has 0 spiro atoms. The fourth-order valence-electron chi connectivity index (χ4n) is 1.51. The Morgan fingerprint density at radius 3 is 2.88 bits per heavy atom. The average Bonchev–Trinajstić information content (AvgIpc) is 2.85. The van der Waals surface area contributed by atoms with E-state index in [0.29, 0.717) is 12.2 Å². The molecule has 0 aliphatic rings. The van der Waals surface area contributed by atoms with E-state index < -0.39 is 5.97 Å². The van der Waals surface area contributed by atoms with Crippen molar-refractivity contribution in [3.63, 3.8) is 0 Å². The van der Waals surface area contributed by atoms with Crippen LogP contribution >= 0.6 is 0 Å². The Bertz CT molecular complexity index is 543. The second-order valence-electron chi connectivity index (χ2n) is 3.64.